The average Bonchev–Trinajstić information content (AvgIpc) is 1.99. The van der Waals surface area contributed by atoms with Crippen molar-refractivity contribution in [1.29, 1.82) is 0 Å². The lowest BCUT2D eigenvalue weighted by molar-refractivity contribution is -0.0504. The molecule has 1 aromatic carbocycles. The highest BCUT2D eigenvalue weighted by atomic mass is 79.9. The van der Waals surface area contributed by atoms with E-state index >= 15 is 0 Å². The number of hydrogen-bond acceptors (Lipinski definition) is 1. The minimum atomic E-state index is -2.92. The quantitative estimate of drug-likeness (QED) is 0.750. The average molecular weight is 320 g/mol. The van der Waals surface area contributed by atoms with Crippen LogP contribution >= 0.6 is 31.9 Å². The molecular weight excluding hydrogens is 317 g/mol. The molecular formula is C7H3Br2F3O. The molecule has 0 radical (unpaired) electrons. The molecule has 0 aliphatic heterocycles. The third-order valence-corrected chi connectivity index (χ3v) is 2.42. The summed E-state index contributed by atoms with van der Waals surface area (Å²) in [4.78, 5) is 0. The second-order valence-electron chi connectivity index (χ2n) is 2.08. The summed E-state index contributed by atoms with van der Waals surface area (Å²) in [6.45, 7) is -2.92. The van der Waals surface area contributed by atoms with Gasteiger partial charge in [-0.05, 0) is 44.0 Å². The Labute approximate surface area is 89.1 Å². The van der Waals surface area contributed by atoms with Crippen molar-refractivity contribution in [2.45, 2.75) is 6.61 Å². The summed E-state index contributed by atoms with van der Waals surface area (Å²) in [5, 5.41) is 0. The molecule has 13 heavy (non-hydrogen) atoms. The fourth-order valence-electron chi connectivity index (χ4n) is 0.691. The van der Waals surface area contributed by atoms with Gasteiger partial charge in [0.05, 0.1) is 8.95 Å². The van der Waals surface area contributed by atoms with Gasteiger partial charge in [-0.1, -0.05) is 0 Å². The molecule has 0 atom stereocenters. The van der Waals surface area contributed by atoms with Crippen LogP contribution in [0.25, 0.3) is 0 Å². The van der Waals surface area contributed by atoms with Crippen molar-refractivity contribution in [2.24, 2.45) is 0 Å². The SMILES string of the molecule is Fc1cc(Br)c(OC(F)F)cc1Br. The van der Waals surface area contributed by atoms with Crippen molar-refractivity contribution in [3.05, 3.63) is 26.9 Å². The van der Waals surface area contributed by atoms with Crippen LogP contribution in [0.3, 0.4) is 0 Å². The van der Waals surface area contributed by atoms with Crippen LogP contribution in [0.4, 0.5) is 13.2 Å². The van der Waals surface area contributed by atoms with Gasteiger partial charge >= 0.3 is 6.61 Å². The number of ether oxygens (including phenoxy) is 1. The van der Waals surface area contributed by atoms with Crippen molar-refractivity contribution in [3.8, 4) is 5.75 Å². The van der Waals surface area contributed by atoms with Gasteiger partial charge in [-0.25, -0.2) is 4.39 Å². The van der Waals surface area contributed by atoms with Crippen LogP contribution in [0.15, 0.2) is 21.1 Å². The molecule has 0 amide bonds. The van der Waals surface area contributed by atoms with Gasteiger partial charge in [-0.2, -0.15) is 8.78 Å². The van der Waals surface area contributed by atoms with Gasteiger partial charge < -0.3 is 4.74 Å². The Morgan fingerprint density at radius 3 is 2.31 bits per heavy atom. The van der Waals surface area contributed by atoms with Crippen LogP contribution in [0.5, 0.6) is 5.75 Å². The van der Waals surface area contributed by atoms with E-state index in [1.54, 1.807) is 0 Å². The van der Waals surface area contributed by atoms with E-state index in [9.17, 15) is 13.2 Å². The Morgan fingerprint density at radius 2 is 1.77 bits per heavy atom. The molecule has 0 aliphatic rings. The Morgan fingerprint density at radius 1 is 1.15 bits per heavy atom. The molecule has 1 aromatic rings. The topological polar surface area (TPSA) is 9.23 Å². The van der Waals surface area contributed by atoms with Crippen molar-refractivity contribution in [1.82, 2.24) is 0 Å². The first kappa shape index (κ1) is 10.8. The normalized spacial score (nSPS) is 10.6. The van der Waals surface area contributed by atoms with Gasteiger partial charge in [0, 0.05) is 0 Å². The summed E-state index contributed by atoms with van der Waals surface area (Å²) in [6, 6.07) is 2.17. The maximum atomic E-state index is 12.8. The monoisotopic (exact) mass is 318 g/mol. The smallest absolute Gasteiger partial charge is 0.387 e. The minimum Gasteiger partial charge on any atom is -0.434 e. The highest BCUT2D eigenvalue weighted by molar-refractivity contribution is 9.11. The fourth-order valence-corrected chi connectivity index (χ4v) is 1.42. The molecule has 0 unspecified atom stereocenters. The summed E-state index contributed by atoms with van der Waals surface area (Å²) in [5.74, 6) is -0.656. The molecule has 0 bridgehead atoms. The van der Waals surface area contributed by atoms with Gasteiger partial charge in [0.25, 0.3) is 0 Å². The molecule has 6 heteroatoms. The third kappa shape index (κ3) is 2.87. The number of rotatable bonds is 2. The Hall–Kier alpha value is -0.230. The van der Waals surface area contributed by atoms with Crippen LogP contribution < -0.4 is 4.74 Å². The second-order valence-corrected chi connectivity index (χ2v) is 3.78. The van der Waals surface area contributed by atoms with E-state index in [2.05, 4.69) is 36.6 Å². The first-order chi connectivity index (χ1) is 6.00. The first-order valence-electron chi connectivity index (χ1n) is 3.10. The first-order valence-corrected chi connectivity index (χ1v) is 4.68. The maximum Gasteiger partial charge on any atom is 0.387 e. The summed E-state index contributed by atoms with van der Waals surface area (Å²) >= 11 is 5.74. The fraction of sp³-hybridized carbons (Fsp3) is 0.143. The van der Waals surface area contributed by atoms with Crippen LogP contribution in [0, 0.1) is 5.82 Å². The predicted molar refractivity (Wildman–Crippen MR) is 48.4 cm³/mol. The lowest BCUT2D eigenvalue weighted by atomic mass is 10.3. The molecule has 1 nitrogen and oxygen atoms in total. The molecule has 0 saturated carbocycles. The van der Waals surface area contributed by atoms with Crippen molar-refractivity contribution in [3.63, 3.8) is 0 Å². The molecule has 0 spiro atoms. The van der Waals surface area contributed by atoms with Gasteiger partial charge in [0.2, 0.25) is 0 Å². The number of benzene rings is 1. The Bertz CT molecular complexity index is 317. The zero-order valence-electron chi connectivity index (χ0n) is 6.03. The number of halogens is 5. The van der Waals surface area contributed by atoms with Gasteiger partial charge in [-0.15, -0.1) is 0 Å². The summed E-state index contributed by atoms with van der Waals surface area (Å²) in [7, 11) is 0. The van der Waals surface area contributed by atoms with Gasteiger partial charge in [0.15, 0.2) is 0 Å². The largest absolute Gasteiger partial charge is 0.434 e. The van der Waals surface area contributed by atoms with Crippen LogP contribution in [0.1, 0.15) is 0 Å². The molecule has 72 valence electrons. The van der Waals surface area contributed by atoms with E-state index in [-0.39, 0.29) is 14.7 Å². The molecule has 0 N–H and O–H groups in total. The second kappa shape index (κ2) is 4.32. The Balaban J connectivity index is 3.01. The van der Waals surface area contributed by atoms with Gasteiger partial charge in [0.1, 0.15) is 11.6 Å². The lowest BCUT2D eigenvalue weighted by Crippen LogP contribution is -2.02. The van der Waals surface area contributed by atoms with E-state index < -0.39 is 12.4 Å². The predicted octanol–water partition coefficient (Wildman–Crippen LogP) is 3.95. The number of alkyl halides is 2. The zero-order valence-corrected chi connectivity index (χ0v) is 9.20. The zero-order chi connectivity index (χ0) is 10.0. The minimum absolute atomic E-state index is 0.0753. The third-order valence-electron chi connectivity index (χ3n) is 1.19. The lowest BCUT2D eigenvalue weighted by Gasteiger charge is -2.07. The number of hydrogen-bond donors (Lipinski definition) is 0. The molecule has 1 rings (SSSR count). The van der Waals surface area contributed by atoms with E-state index in [1.165, 1.54) is 0 Å². The van der Waals surface area contributed by atoms with Gasteiger partial charge in [-0.3, -0.25) is 0 Å². The highest BCUT2D eigenvalue weighted by Gasteiger charge is 2.11. The summed E-state index contributed by atoms with van der Waals surface area (Å²) in [6.07, 6.45) is 0. The van der Waals surface area contributed by atoms with Crippen LogP contribution in [-0.2, 0) is 0 Å². The maximum absolute atomic E-state index is 12.8. The van der Waals surface area contributed by atoms with E-state index in [0.29, 0.717) is 0 Å². The summed E-state index contributed by atoms with van der Waals surface area (Å²) in [5.41, 5.74) is 0. The van der Waals surface area contributed by atoms with Crippen molar-refractivity contribution in [2.75, 3.05) is 0 Å². The molecule has 0 heterocycles. The molecule has 0 aliphatic carbocycles. The molecule has 0 saturated heterocycles. The molecule has 0 aromatic heterocycles. The standard InChI is InChI=1S/C7H3Br2F3O/c8-3-2-6(13-7(11)12)4(9)1-5(3)10/h1-2,7H. The molecule has 0 fully saturated rings. The summed E-state index contributed by atoms with van der Waals surface area (Å²) < 4.78 is 40.7. The van der Waals surface area contributed by atoms with Crippen LogP contribution in [-0.4, -0.2) is 6.61 Å². The van der Waals surface area contributed by atoms with Crippen LogP contribution in [0.2, 0.25) is 0 Å². The van der Waals surface area contributed by atoms with Crippen molar-refractivity contribution >= 4 is 31.9 Å². The van der Waals surface area contributed by atoms with E-state index in [4.69, 9.17) is 0 Å². The Kier molecular flexibility index (Phi) is 3.61. The van der Waals surface area contributed by atoms with Crippen molar-refractivity contribution < 1.29 is 17.9 Å². The highest BCUT2D eigenvalue weighted by Crippen LogP contribution is 2.31. The van der Waals surface area contributed by atoms with E-state index in [0.717, 1.165) is 12.1 Å². The van der Waals surface area contributed by atoms with E-state index in [1.807, 2.05) is 0 Å².